The van der Waals surface area contributed by atoms with Gasteiger partial charge in [0.05, 0.1) is 13.2 Å². The van der Waals surface area contributed by atoms with E-state index in [-0.39, 0.29) is 5.91 Å². The fraction of sp³-hybridized carbons (Fsp3) is 0.500. The third-order valence-corrected chi connectivity index (χ3v) is 3.60. The van der Waals surface area contributed by atoms with Crippen molar-refractivity contribution in [3.05, 3.63) is 35.4 Å². The van der Waals surface area contributed by atoms with Gasteiger partial charge in [0, 0.05) is 18.7 Å². The van der Waals surface area contributed by atoms with E-state index in [0.717, 1.165) is 25.9 Å². The van der Waals surface area contributed by atoms with E-state index in [1.807, 2.05) is 6.92 Å². The quantitative estimate of drug-likeness (QED) is 0.723. The minimum atomic E-state index is -0.0903. The number of rotatable bonds is 8. The highest BCUT2D eigenvalue weighted by molar-refractivity contribution is 5.95. The predicted octanol–water partition coefficient (Wildman–Crippen LogP) is 2.52. The molecule has 0 spiro atoms. The van der Waals surface area contributed by atoms with Crippen molar-refractivity contribution in [2.75, 3.05) is 32.8 Å². The molecule has 1 aromatic carbocycles. The van der Waals surface area contributed by atoms with Gasteiger partial charge in [-0.1, -0.05) is 18.6 Å². The Labute approximate surface area is 138 Å². The number of carbonyl (C=O) groups excluding carboxylic acids is 1. The Balaban J connectivity index is 2.01. The third-order valence-electron chi connectivity index (χ3n) is 3.60. The molecule has 2 N–H and O–H groups in total. The molecule has 5 nitrogen and oxygen atoms in total. The van der Waals surface area contributed by atoms with E-state index in [0.29, 0.717) is 36.8 Å². The molecule has 1 aliphatic rings. The van der Waals surface area contributed by atoms with Gasteiger partial charge in [0.1, 0.15) is 0 Å². The summed E-state index contributed by atoms with van der Waals surface area (Å²) in [6, 6.07) is 5.33. The van der Waals surface area contributed by atoms with Crippen LogP contribution in [0.3, 0.4) is 0 Å². The maximum absolute atomic E-state index is 12.3. The summed E-state index contributed by atoms with van der Waals surface area (Å²) >= 11 is 0. The summed E-state index contributed by atoms with van der Waals surface area (Å²) in [4.78, 5) is 12.3. The molecule has 1 amide bonds. The van der Waals surface area contributed by atoms with Gasteiger partial charge in [-0.2, -0.15) is 0 Å². The lowest BCUT2D eigenvalue weighted by atomic mass is 10.1. The van der Waals surface area contributed by atoms with Crippen molar-refractivity contribution in [1.29, 1.82) is 0 Å². The molecule has 1 aliphatic heterocycles. The maximum Gasteiger partial charge on any atom is 0.251 e. The predicted molar refractivity (Wildman–Crippen MR) is 91.3 cm³/mol. The summed E-state index contributed by atoms with van der Waals surface area (Å²) in [5, 5.41) is 6.23. The SMILES string of the molecule is CCCOc1ccc(C(=O)NCC2=CCNCC2)cc1OCC. The molecule has 0 saturated carbocycles. The van der Waals surface area contributed by atoms with E-state index in [2.05, 4.69) is 23.6 Å². The van der Waals surface area contributed by atoms with Crippen LogP contribution in [-0.2, 0) is 0 Å². The summed E-state index contributed by atoms with van der Waals surface area (Å²) in [5.41, 5.74) is 1.86. The summed E-state index contributed by atoms with van der Waals surface area (Å²) < 4.78 is 11.3. The molecular formula is C18H26N2O3. The van der Waals surface area contributed by atoms with E-state index < -0.39 is 0 Å². The first-order valence-electron chi connectivity index (χ1n) is 8.31. The molecule has 0 radical (unpaired) electrons. The fourth-order valence-corrected chi connectivity index (χ4v) is 2.37. The molecule has 0 fully saturated rings. The summed E-state index contributed by atoms with van der Waals surface area (Å²) in [6.45, 7) is 7.58. The third kappa shape index (κ3) is 5.28. The normalized spacial score (nSPS) is 14.1. The first-order chi connectivity index (χ1) is 11.2. The smallest absolute Gasteiger partial charge is 0.251 e. The van der Waals surface area contributed by atoms with E-state index in [1.165, 1.54) is 5.57 Å². The van der Waals surface area contributed by atoms with Gasteiger partial charge in [-0.05, 0) is 44.5 Å². The monoisotopic (exact) mass is 318 g/mol. The number of nitrogens with one attached hydrogen (secondary N) is 2. The van der Waals surface area contributed by atoms with Gasteiger partial charge in [0.15, 0.2) is 11.5 Å². The summed E-state index contributed by atoms with van der Waals surface area (Å²) in [7, 11) is 0. The van der Waals surface area contributed by atoms with Crippen LogP contribution >= 0.6 is 0 Å². The molecule has 0 bridgehead atoms. The molecule has 5 heteroatoms. The second kappa shape index (κ2) is 9.20. The van der Waals surface area contributed by atoms with Crippen molar-refractivity contribution in [2.45, 2.75) is 26.7 Å². The minimum absolute atomic E-state index is 0.0903. The van der Waals surface area contributed by atoms with Crippen LogP contribution in [0.2, 0.25) is 0 Å². The highest BCUT2D eigenvalue weighted by Crippen LogP contribution is 2.28. The standard InChI is InChI=1S/C18H26N2O3/c1-3-11-23-16-6-5-15(12-17(16)22-4-2)18(21)20-13-14-7-9-19-10-8-14/h5-7,12,19H,3-4,8-11,13H2,1-2H3,(H,20,21). The Morgan fingerprint density at radius 1 is 1.26 bits per heavy atom. The van der Waals surface area contributed by atoms with Crippen LogP contribution in [0.15, 0.2) is 29.8 Å². The molecule has 2 rings (SSSR count). The van der Waals surface area contributed by atoms with Crippen LogP contribution in [-0.4, -0.2) is 38.8 Å². The molecule has 0 aromatic heterocycles. The number of hydrogen-bond acceptors (Lipinski definition) is 4. The molecule has 0 atom stereocenters. The van der Waals surface area contributed by atoms with Crippen LogP contribution < -0.4 is 20.1 Å². The lowest BCUT2D eigenvalue weighted by Crippen LogP contribution is -2.29. The van der Waals surface area contributed by atoms with Crippen LogP contribution in [0.25, 0.3) is 0 Å². The van der Waals surface area contributed by atoms with E-state index in [4.69, 9.17) is 9.47 Å². The zero-order chi connectivity index (χ0) is 16.5. The van der Waals surface area contributed by atoms with E-state index in [9.17, 15) is 4.79 Å². The van der Waals surface area contributed by atoms with Gasteiger partial charge in [0.25, 0.3) is 5.91 Å². The van der Waals surface area contributed by atoms with Crippen molar-refractivity contribution in [1.82, 2.24) is 10.6 Å². The Hall–Kier alpha value is -2.01. The Morgan fingerprint density at radius 3 is 2.83 bits per heavy atom. The van der Waals surface area contributed by atoms with Crippen molar-refractivity contribution in [3.63, 3.8) is 0 Å². The topological polar surface area (TPSA) is 59.6 Å². The second-order valence-corrected chi connectivity index (χ2v) is 5.44. The zero-order valence-corrected chi connectivity index (χ0v) is 14.0. The Morgan fingerprint density at radius 2 is 2.13 bits per heavy atom. The second-order valence-electron chi connectivity index (χ2n) is 5.44. The maximum atomic E-state index is 12.3. The zero-order valence-electron chi connectivity index (χ0n) is 14.0. The molecule has 0 unspecified atom stereocenters. The fourth-order valence-electron chi connectivity index (χ4n) is 2.37. The van der Waals surface area contributed by atoms with Gasteiger partial charge in [-0.15, -0.1) is 0 Å². The lowest BCUT2D eigenvalue weighted by Gasteiger charge is -2.15. The van der Waals surface area contributed by atoms with Gasteiger partial charge < -0.3 is 20.1 Å². The van der Waals surface area contributed by atoms with Crippen molar-refractivity contribution in [3.8, 4) is 11.5 Å². The van der Waals surface area contributed by atoms with E-state index >= 15 is 0 Å². The number of amides is 1. The number of benzene rings is 1. The Bertz CT molecular complexity index is 555. The van der Waals surface area contributed by atoms with Crippen molar-refractivity contribution >= 4 is 5.91 Å². The van der Waals surface area contributed by atoms with Crippen molar-refractivity contribution < 1.29 is 14.3 Å². The molecular weight excluding hydrogens is 292 g/mol. The average molecular weight is 318 g/mol. The molecule has 0 aliphatic carbocycles. The van der Waals surface area contributed by atoms with E-state index in [1.54, 1.807) is 18.2 Å². The lowest BCUT2D eigenvalue weighted by molar-refractivity contribution is 0.0956. The largest absolute Gasteiger partial charge is 0.490 e. The van der Waals surface area contributed by atoms with Crippen LogP contribution in [0.1, 0.15) is 37.0 Å². The Kier molecular flexibility index (Phi) is 6.94. The number of hydrogen-bond donors (Lipinski definition) is 2. The van der Waals surface area contributed by atoms with Crippen LogP contribution in [0, 0.1) is 0 Å². The molecule has 0 saturated heterocycles. The number of carbonyl (C=O) groups is 1. The minimum Gasteiger partial charge on any atom is -0.490 e. The van der Waals surface area contributed by atoms with Gasteiger partial charge in [-0.25, -0.2) is 0 Å². The first kappa shape index (κ1) is 17.3. The number of ether oxygens (including phenoxy) is 2. The van der Waals surface area contributed by atoms with Gasteiger partial charge in [0.2, 0.25) is 0 Å². The van der Waals surface area contributed by atoms with Crippen LogP contribution in [0.5, 0.6) is 11.5 Å². The highest BCUT2D eigenvalue weighted by atomic mass is 16.5. The van der Waals surface area contributed by atoms with Crippen LogP contribution in [0.4, 0.5) is 0 Å². The highest BCUT2D eigenvalue weighted by Gasteiger charge is 2.12. The van der Waals surface area contributed by atoms with Crippen molar-refractivity contribution in [2.24, 2.45) is 0 Å². The molecule has 23 heavy (non-hydrogen) atoms. The molecule has 1 aromatic rings. The molecule has 126 valence electrons. The summed E-state index contributed by atoms with van der Waals surface area (Å²) in [6.07, 6.45) is 4.04. The molecule has 1 heterocycles. The first-order valence-corrected chi connectivity index (χ1v) is 8.31. The van der Waals surface area contributed by atoms with Gasteiger partial charge in [-0.3, -0.25) is 4.79 Å². The summed E-state index contributed by atoms with van der Waals surface area (Å²) in [5.74, 6) is 1.22. The average Bonchev–Trinajstić information content (AvgIpc) is 2.59. The van der Waals surface area contributed by atoms with Gasteiger partial charge >= 0.3 is 0 Å².